The van der Waals surface area contributed by atoms with Crippen LogP contribution < -0.4 is 5.32 Å². The first kappa shape index (κ1) is 16.8. The highest BCUT2D eigenvalue weighted by Crippen LogP contribution is 2.37. The summed E-state index contributed by atoms with van der Waals surface area (Å²) in [5, 5.41) is 7.15. The lowest BCUT2D eigenvalue weighted by Crippen LogP contribution is -2.30. The van der Waals surface area contributed by atoms with E-state index in [-0.39, 0.29) is 24.1 Å². The van der Waals surface area contributed by atoms with Gasteiger partial charge < -0.3 is 10.2 Å². The van der Waals surface area contributed by atoms with Crippen LogP contribution in [-0.2, 0) is 16.1 Å². The summed E-state index contributed by atoms with van der Waals surface area (Å²) in [5.74, 6) is -0.483. The minimum absolute atomic E-state index is 0.0936. The van der Waals surface area contributed by atoms with E-state index in [9.17, 15) is 14.0 Å². The predicted octanol–water partition coefficient (Wildman–Crippen LogP) is 2.59. The van der Waals surface area contributed by atoms with Crippen molar-refractivity contribution < 1.29 is 14.0 Å². The van der Waals surface area contributed by atoms with E-state index in [1.807, 2.05) is 10.9 Å². The maximum absolute atomic E-state index is 13.2. The van der Waals surface area contributed by atoms with Crippen molar-refractivity contribution in [3.63, 3.8) is 0 Å². The van der Waals surface area contributed by atoms with Gasteiger partial charge in [0, 0.05) is 26.2 Å². The van der Waals surface area contributed by atoms with Gasteiger partial charge in [0.05, 0.1) is 23.8 Å². The molecule has 2 amide bonds. The number of nitrogens with one attached hydrogen (secondary N) is 1. The van der Waals surface area contributed by atoms with Gasteiger partial charge in [-0.15, -0.1) is 0 Å². The van der Waals surface area contributed by atoms with E-state index < -0.39 is 12.0 Å². The zero-order chi connectivity index (χ0) is 18.3. The first-order chi connectivity index (χ1) is 12.5. The fourth-order valence-corrected chi connectivity index (χ4v) is 3.55. The Morgan fingerprint density at radius 2 is 2.04 bits per heavy atom. The second-order valence-corrected chi connectivity index (χ2v) is 7.20. The number of anilines is 1. The topological polar surface area (TPSA) is 67.2 Å². The molecule has 1 aromatic carbocycles. The zero-order valence-electron chi connectivity index (χ0n) is 14.6. The molecule has 1 aliphatic heterocycles. The molecule has 0 spiro atoms. The van der Waals surface area contributed by atoms with Gasteiger partial charge in [-0.1, -0.05) is 12.1 Å². The summed E-state index contributed by atoms with van der Waals surface area (Å²) in [7, 11) is 1.68. The quantitative estimate of drug-likeness (QED) is 0.895. The molecular weight excluding hydrogens is 335 g/mol. The number of amides is 2. The second kappa shape index (κ2) is 6.55. The van der Waals surface area contributed by atoms with Crippen LogP contribution in [0.4, 0.5) is 10.1 Å². The maximum atomic E-state index is 13.2. The Labute approximate surface area is 151 Å². The Hall–Kier alpha value is -2.70. The van der Waals surface area contributed by atoms with Crippen LogP contribution in [0.25, 0.3) is 0 Å². The Kier molecular flexibility index (Phi) is 4.22. The SMILES string of the molecule is CN1C(=O)C[C@H](C(=O)Nc2cnn(CC3CC3)c2)[C@H]1c1ccc(F)cc1. The minimum Gasteiger partial charge on any atom is -0.338 e. The molecule has 2 heterocycles. The summed E-state index contributed by atoms with van der Waals surface area (Å²) in [6.07, 6.45) is 6.06. The van der Waals surface area contributed by atoms with Gasteiger partial charge in [0.25, 0.3) is 0 Å². The third-order valence-electron chi connectivity index (χ3n) is 5.18. The molecule has 136 valence electrons. The molecule has 2 fully saturated rings. The molecule has 1 aliphatic carbocycles. The van der Waals surface area contributed by atoms with Crippen molar-refractivity contribution in [3.05, 3.63) is 48.0 Å². The number of hydrogen-bond donors (Lipinski definition) is 1. The Morgan fingerprint density at radius 3 is 2.73 bits per heavy atom. The van der Waals surface area contributed by atoms with E-state index in [2.05, 4.69) is 10.4 Å². The molecule has 0 bridgehead atoms. The molecule has 4 rings (SSSR count). The summed E-state index contributed by atoms with van der Waals surface area (Å²) in [5.41, 5.74) is 1.39. The lowest BCUT2D eigenvalue weighted by atomic mass is 9.93. The van der Waals surface area contributed by atoms with Crippen molar-refractivity contribution in [1.82, 2.24) is 14.7 Å². The maximum Gasteiger partial charge on any atom is 0.230 e. The van der Waals surface area contributed by atoms with Gasteiger partial charge in [-0.05, 0) is 36.5 Å². The first-order valence-corrected chi connectivity index (χ1v) is 8.85. The molecule has 2 aliphatic rings. The van der Waals surface area contributed by atoms with Crippen molar-refractivity contribution in [1.29, 1.82) is 0 Å². The van der Waals surface area contributed by atoms with E-state index >= 15 is 0 Å². The molecule has 7 heteroatoms. The van der Waals surface area contributed by atoms with Gasteiger partial charge in [0.15, 0.2) is 0 Å². The van der Waals surface area contributed by atoms with Crippen molar-refractivity contribution in [2.75, 3.05) is 12.4 Å². The van der Waals surface area contributed by atoms with E-state index in [1.165, 1.54) is 25.0 Å². The monoisotopic (exact) mass is 356 g/mol. The average molecular weight is 356 g/mol. The lowest BCUT2D eigenvalue weighted by molar-refractivity contribution is -0.127. The van der Waals surface area contributed by atoms with Crippen LogP contribution in [0.15, 0.2) is 36.7 Å². The smallest absolute Gasteiger partial charge is 0.230 e. The van der Waals surface area contributed by atoms with Gasteiger partial charge in [-0.25, -0.2) is 4.39 Å². The number of benzene rings is 1. The summed E-state index contributed by atoms with van der Waals surface area (Å²) >= 11 is 0. The second-order valence-electron chi connectivity index (χ2n) is 7.20. The summed E-state index contributed by atoms with van der Waals surface area (Å²) < 4.78 is 15.1. The van der Waals surface area contributed by atoms with Gasteiger partial charge >= 0.3 is 0 Å². The first-order valence-electron chi connectivity index (χ1n) is 8.85. The van der Waals surface area contributed by atoms with E-state index in [0.717, 1.165) is 12.1 Å². The van der Waals surface area contributed by atoms with Crippen LogP contribution in [0.5, 0.6) is 0 Å². The molecule has 2 atom stereocenters. The molecule has 0 radical (unpaired) electrons. The average Bonchev–Trinajstić information content (AvgIpc) is 3.24. The minimum atomic E-state index is -0.523. The van der Waals surface area contributed by atoms with Gasteiger partial charge in [-0.3, -0.25) is 14.3 Å². The van der Waals surface area contributed by atoms with Crippen molar-refractivity contribution in [2.24, 2.45) is 11.8 Å². The molecule has 0 unspecified atom stereocenters. The number of likely N-dealkylation sites (tertiary alicyclic amines) is 1. The number of carbonyl (C=O) groups excluding carboxylic acids is 2. The molecule has 2 aromatic rings. The standard InChI is InChI=1S/C19H21FN4O2/c1-23-17(25)8-16(18(23)13-4-6-14(20)7-5-13)19(26)22-15-9-21-24(11-15)10-12-2-3-12/h4-7,9,11-12,16,18H,2-3,8,10H2,1H3,(H,22,26)/t16-,18+/m0/s1. The zero-order valence-corrected chi connectivity index (χ0v) is 14.6. The molecule has 1 saturated heterocycles. The van der Waals surface area contributed by atoms with Gasteiger partial charge in [0.1, 0.15) is 5.82 Å². The lowest BCUT2D eigenvalue weighted by Gasteiger charge is -2.24. The molecule has 1 aromatic heterocycles. The van der Waals surface area contributed by atoms with Gasteiger partial charge in [-0.2, -0.15) is 5.10 Å². The number of aromatic nitrogens is 2. The van der Waals surface area contributed by atoms with Gasteiger partial charge in [0.2, 0.25) is 11.8 Å². The normalized spacial score (nSPS) is 22.7. The van der Waals surface area contributed by atoms with Crippen molar-refractivity contribution in [2.45, 2.75) is 31.8 Å². The van der Waals surface area contributed by atoms with Crippen molar-refractivity contribution in [3.8, 4) is 0 Å². The van der Waals surface area contributed by atoms with Crippen LogP contribution in [0.1, 0.15) is 30.9 Å². The van der Waals surface area contributed by atoms with Crippen LogP contribution in [0.3, 0.4) is 0 Å². The highest BCUT2D eigenvalue weighted by Gasteiger charge is 2.42. The third-order valence-corrected chi connectivity index (χ3v) is 5.18. The van der Waals surface area contributed by atoms with Crippen LogP contribution in [0.2, 0.25) is 0 Å². The highest BCUT2D eigenvalue weighted by atomic mass is 19.1. The highest BCUT2D eigenvalue weighted by molar-refractivity contribution is 5.97. The van der Waals surface area contributed by atoms with E-state index in [1.54, 1.807) is 30.3 Å². The molecule has 26 heavy (non-hydrogen) atoms. The number of nitrogens with zero attached hydrogens (tertiary/aromatic N) is 3. The number of rotatable bonds is 5. The van der Waals surface area contributed by atoms with Crippen LogP contribution in [-0.4, -0.2) is 33.5 Å². The number of carbonyl (C=O) groups is 2. The van der Waals surface area contributed by atoms with Crippen molar-refractivity contribution >= 4 is 17.5 Å². The molecule has 1 saturated carbocycles. The fraction of sp³-hybridized carbons (Fsp3) is 0.421. The Bertz CT molecular complexity index is 828. The number of halogens is 1. The molecule has 6 nitrogen and oxygen atoms in total. The van der Waals surface area contributed by atoms with E-state index in [4.69, 9.17) is 0 Å². The fourth-order valence-electron chi connectivity index (χ4n) is 3.55. The van der Waals surface area contributed by atoms with Crippen LogP contribution in [0, 0.1) is 17.7 Å². The number of hydrogen-bond acceptors (Lipinski definition) is 3. The summed E-state index contributed by atoms with van der Waals surface area (Å²) in [4.78, 5) is 26.5. The molecular formula is C19H21FN4O2. The Morgan fingerprint density at radius 1 is 1.31 bits per heavy atom. The Balaban J connectivity index is 1.50. The summed E-state index contributed by atoms with van der Waals surface area (Å²) in [6.45, 7) is 0.874. The molecule has 1 N–H and O–H groups in total. The van der Waals surface area contributed by atoms with Crippen LogP contribution >= 0.6 is 0 Å². The largest absolute Gasteiger partial charge is 0.338 e. The predicted molar refractivity (Wildman–Crippen MR) is 93.6 cm³/mol. The summed E-state index contributed by atoms with van der Waals surface area (Å²) in [6, 6.07) is 5.56. The van der Waals surface area contributed by atoms with E-state index in [0.29, 0.717) is 11.6 Å². The third kappa shape index (κ3) is 3.34.